The highest BCUT2D eigenvalue weighted by atomic mass is 14.9. The third-order valence-electron chi connectivity index (χ3n) is 3.48. The highest BCUT2D eigenvalue weighted by Crippen LogP contribution is 2.17. The number of aromatic amines is 1. The Morgan fingerprint density at radius 2 is 2.06 bits per heavy atom. The van der Waals surface area contributed by atoms with Crippen molar-refractivity contribution in [1.29, 1.82) is 0 Å². The van der Waals surface area contributed by atoms with E-state index in [0.717, 1.165) is 19.5 Å². The lowest BCUT2D eigenvalue weighted by Crippen LogP contribution is -2.38. The molecule has 98 valence electrons. The van der Waals surface area contributed by atoms with Crippen molar-refractivity contribution in [2.24, 2.45) is 11.7 Å². The topological polar surface area (TPSA) is 53.8 Å². The SMILES string of the molecule is CC(C)C(N)CNCCc1c[nH]c2ccccc12. The molecule has 18 heavy (non-hydrogen) atoms. The molecule has 0 fully saturated rings. The van der Waals surface area contributed by atoms with Crippen LogP contribution in [-0.2, 0) is 6.42 Å². The predicted octanol–water partition coefficient (Wildman–Crippen LogP) is 2.28. The molecule has 4 N–H and O–H groups in total. The van der Waals surface area contributed by atoms with Crippen molar-refractivity contribution in [2.45, 2.75) is 26.3 Å². The molecule has 1 heterocycles. The summed E-state index contributed by atoms with van der Waals surface area (Å²) in [7, 11) is 0. The summed E-state index contributed by atoms with van der Waals surface area (Å²) >= 11 is 0. The van der Waals surface area contributed by atoms with E-state index in [2.05, 4.69) is 54.6 Å². The third-order valence-corrected chi connectivity index (χ3v) is 3.48. The van der Waals surface area contributed by atoms with Gasteiger partial charge in [-0.2, -0.15) is 0 Å². The van der Waals surface area contributed by atoms with Crippen molar-refractivity contribution in [3.05, 3.63) is 36.0 Å². The van der Waals surface area contributed by atoms with Crippen molar-refractivity contribution in [1.82, 2.24) is 10.3 Å². The van der Waals surface area contributed by atoms with Crippen LogP contribution in [0, 0.1) is 5.92 Å². The van der Waals surface area contributed by atoms with E-state index in [9.17, 15) is 0 Å². The zero-order valence-electron chi connectivity index (χ0n) is 11.2. The minimum Gasteiger partial charge on any atom is -0.361 e. The Morgan fingerprint density at radius 3 is 2.83 bits per heavy atom. The average molecular weight is 245 g/mol. The minimum absolute atomic E-state index is 0.243. The number of hydrogen-bond acceptors (Lipinski definition) is 2. The number of aromatic nitrogens is 1. The first-order valence-electron chi connectivity index (χ1n) is 6.69. The Balaban J connectivity index is 1.84. The lowest BCUT2D eigenvalue weighted by Gasteiger charge is -2.15. The van der Waals surface area contributed by atoms with Crippen molar-refractivity contribution < 1.29 is 0 Å². The molecule has 0 bridgehead atoms. The zero-order valence-corrected chi connectivity index (χ0v) is 11.2. The number of H-pyrrole nitrogens is 1. The van der Waals surface area contributed by atoms with Gasteiger partial charge in [-0.25, -0.2) is 0 Å². The van der Waals surface area contributed by atoms with Gasteiger partial charge in [-0.05, 0) is 30.5 Å². The summed E-state index contributed by atoms with van der Waals surface area (Å²) < 4.78 is 0. The van der Waals surface area contributed by atoms with E-state index in [0.29, 0.717) is 5.92 Å². The van der Waals surface area contributed by atoms with Gasteiger partial charge in [0.1, 0.15) is 0 Å². The number of nitrogens with two attached hydrogens (primary N) is 1. The van der Waals surface area contributed by atoms with Crippen molar-refractivity contribution >= 4 is 10.9 Å². The molecule has 1 aromatic carbocycles. The Kier molecular flexibility index (Phi) is 4.39. The lowest BCUT2D eigenvalue weighted by atomic mass is 10.1. The van der Waals surface area contributed by atoms with Crippen molar-refractivity contribution in [2.75, 3.05) is 13.1 Å². The number of para-hydroxylation sites is 1. The Labute approximate surface area is 109 Å². The molecule has 0 spiro atoms. The first-order valence-corrected chi connectivity index (χ1v) is 6.69. The first-order chi connectivity index (χ1) is 8.68. The molecular formula is C15H23N3. The quantitative estimate of drug-likeness (QED) is 0.684. The molecule has 0 aliphatic carbocycles. The summed E-state index contributed by atoms with van der Waals surface area (Å²) in [4.78, 5) is 3.30. The smallest absolute Gasteiger partial charge is 0.0456 e. The highest BCUT2D eigenvalue weighted by Gasteiger charge is 2.07. The van der Waals surface area contributed by atoms with E-state index in [1.807, 2.05) is 0 Å². The van der Waals surface area contributed by atoms with Crippen LogP contribution in [0.4, 0.5) is 0 Å². The van der Waals surface area contributed by atoms with Gasteiger partial charge in [-0.15, -0.1) is 0 Å². The number of benzene rings is 1. The van der Waals surface area contributed by atoms with E-state index < -0.39 is 0 Å². The molecule has 0 radical (unpaired) electrons. The first kappa shape index (κ1) is 13.1. The van der Waals surface area contributed by atoms with Crippen molar-refractivity contribution in [3.8, 4) is 0 Å². The molecule has 0 saturated heterocycles. The van der Waals surface area contributed by atoms with Crippen LogP contribution >= 0.6 is 0 Å². The monoisotopic (exact) mass is 245 g/mol. The summed E-state index contributed by atoms with van der Waals surface area (Å²) in [6, 6.07) is 8.67. The number of rotatable bonds is 6. The standard InChI is InChI=1S/C15H23N3/c1-11(2)14(16)10-17-8-7-12-9-18-15-6-4-3-5-13(12)15/h3-6,9,11,14,17-18H,7-8,10,16H2,1-2H3. The second-order valence-electron chi connectivity index (χ2n) is 5.22. The predicted molar refractivity (Wildman–Crippen MR) is 77.7 cm³/mol. The molecule has 3 heteroatoms. The maximum atomic E-state index is 6.00. The number of fused-ring (bicyclic) bond motifs is 1. The van der Waals surface area contributed by atoms with Crippen LogP contribution in [-0.4, -0.2) is 24.1 Å². The van der Waals surface area contributed by atoms with Crippen molar-refractivity contribution in [3.63, 3.8) is 0 Å². The van der Waals surface area contributed by atoms with Gasteiger partial charge in [0.2, 0.25) is 0 Å². The number of nitrogens with one attached hydrogen (secondary N) is 2. The molecule has 2 rings (SSSR count). The Morgan fingerprint density at radius 1 is 1.28 bits per heavy atom. The van der Waals surface area contributed by atoms with Gasteiger partial charge in [0.15, 0.2) is 0 Å². The molecule has 0 aliphatic heterocycles. The van der Waals surface area contributed by atoms with Crippen LogP contribution < -0.4 is 11.1 Å². The molecule has 2 aromatic rings. The molecule has 0 amide bonds. The minimum atomic E-state index is 0.243. The second kappa shape index (κ2) is 6.03. The van der Waals surface area contributed by atoms with E-state index in [4.69, 9.17) is 5.73 Å². The number of hydrogen-bond donors (Lipinski definition) is 3. The summed E-state index contributed by atoms with van der Waals surface area (Å²) in [5.74, 6) is 0.533. The third kappa shape index (κ3) is 3.12. The lowest BCUT2D eigenvalue weighted by molar-refractivity contribution is 0.460. The van der Waals surface area contributed by atoms with Crippen LogP contribution in [0.5, 0.6) is 0 Å². The van der Waals surface area contributed by atoms with Gasteiger partial charge in [0.25, 0.3) is 0 Å². The van der Waals surface area contributed by atoms with Gasteiger partial charge in [0.05, 0.1) is 0 Å². The van der Waals surface area contributed by atoms with Crippen LogP contribution in [0.15, 0.2) is 30.5 Å². The van der Waals surface area contributed by atoms with Gasteiger partial charge in [-0.1, -0.05) is 32.0 Å². The fourth-order valence-electron chi connectivity index (χ4n) is 2.07. The molecule has 1 atom stereocenters. The van der Waals surface area contributed by atoms with Crippen LogP contribution in [0.25, 0.3) is 10.9 Å². The van der Waals surface area contributed by atoms with E-state index in [1.54, 1.807) is 0 Å². The van der Waals surface area contributed by atoms with Gasteiger partial charge < -0.3 is 16.0 Å². The largest absolute Gasteiger partial charge is 0.361 e. The van der Waals surface area contributed by atoms with Crippen LogP contribution in [0.3, 0.4) is 0 Å². The molecule has 0 saturated carbocycles. The van der Waals surface area contributed by atoms with Crippen LogP contribution in [0.2, 0.25) is 0 Å². The van der Waals surface area contributed by atoms with Crippen LogP contribution in [0.1, 0.15) is 19.4 Å². The second-order valence-corrected chi connectivity index (χ2v) is 5.22. The average Bonchev–Trinajstić information content (AvgIpc) is 2.77. The van der Waals surface area contributed by atoms with E-state index in [1.165, 1.54) is 16.5 Å². The maximum absolute atomic E-state index is 6.00. The zero-order chi connectivity index (χ0) is 13.0. The summed E-state index contributed by atoms with van der Waals surface area (Å²) in [5, 5.41) is 4.76. The van der Waals surface area contributed by atoms with E-state index >= 15 is 0 Å². The van der Waals surface area contributed by atoms with Gasteiger partial charge >= 0.3 is 0 Å². The van der Waals surface area contributed by atoms with Gasteiger partial charge in [0, 0.05) is 29.7 Å². The molecular weight excluding hydrogens is 222 g/mol. The summed E-state index contributed by atoms with van der Waals surface area (Å²) in [5.41, 5.74) is 8.58. The molecule has 1 aromatic heterocycles. The highest BCUT2D eigenvalue weighted by molar-refractivity contribution is 5.83. The molecule has 0 aliphatic rings. The van der Waals surface area contributed by atoms with Gasteiger partial charge in [-0.3, -0.25) is 0 Å². The Hall–Kier alpha value is -1.32. The fraction of sp³-hybridized carbons (Fsp3) is 0.467. The van der Waals surface area contributed by atoms with E-state index in [-0.39, 0.29) is 6.04 Å². The molecule has 3 nitrogen and oxygen atoms in total. The fourth-order valence-corrected chi connectivity index (χ4v) is 2.07. The summed E-state index contributed by atoms with van der Waals surface area (Å²) in [6.45, 7) is 6.18. The maximum Gasteiger partial charge on any atom is 0.0456 e. The Bertz CT molecular complexity index is 487. The normalized spacial score (nSPS) is 13.3. The molecule has 1 unspecified atom stereocenters. The summed E-state index contributed by atoms with van der Waals surface area (Å²) in [6.07, 6.45) is 3.14.